The van der Waals surface area contributed by atoms with Crippen LogP contribution < -0.4 is 0 Å². The summed E-state index contributed by atoms with van der Waals surface area (Å²) in [5.74, 6) is 0. The third-order valence-electron chi connectivity index (χ3n) is 1.29. The summed E-state index contributed by atoms with van der Waals surface area (Å²) in [6.45, 7) is 0.0249. The molecule has 0 amide bonds. The zero-order chi connectivity index (χ0) is 5.98. The van der Waals surface area contributed by atoms with Crippen LogP contribution in [0.1, 0.15) is 12.8 Å². The number of aliphatic hydroxyl groups is 2. The number of hydrogen-bond acceptors (Lipinski definition) is 3. The van der Waals surface area contributed by atoms with E-state index in [2.05, 4.69) is 0 Å². The average Bonchev–Trinajstić information content (AvgIpc) is 2.14. The number of aliphatic hydroxyl groups excluding tert-OH is 2. The predicted molar refractivity (Wildman–Crippen MR) is 27.2 cm³/mol. The van der Waals surface area contributed by atoms with Gasteiger partial charge in [0.25, 0.3) is 0 Å². The number of hydrogen-bond donors (Lipinski definition) is 2. The largest absolute Gasteiger partial charge is 0.394 e. The second-order valence-corrected chi connectivity index (χ2v) is 1.97. The van der Waals surface area contributed by atoms with Gasteiger partial charge in [-0.1, -0.05) is 0 Å². The first kappa shape index (κ1) is 6.01. The molecule has 8 heavy (non-hydrogen) atoms. The summed E-state index contributed by atoms with van der Waals surface area (Å²) in [5, 5.41) is 17.1. The van der Waals surface area contributed by atoms with Gasteiger partial charge < -0.3 is 14.9 Å². The van der Waals surface area contributed by atoms with Gasteiger partial charge in [0.15, 0.2) is 6.29 Å². The molecule has 0 aliphatic carbocycles. The minimum atomic E-state index is -0.632. The Labute approximate surface area is 47.9 Å². The summed E-state index contributed by atoms with van der Waals surface area (Å²) < 4.78 is 4.82. The van der Waals surface area contributed by atoms with Crippen LogP contribution in [0.4, 0.5) is 0 Å². The molecule has 1 rings (SSSR count). The lowest BCUT2D eigenvalue weighted by atomic mass is 10.2. The molecule has 3 heteroatoms. The van der Waals surface area contributed by atoms with Gasteiger partial charge in [-0.2, -0.15) is 0 Å². The van der Waals surface area contributed by atoms with E-state index in [0.717, 1.165) is 6.42 Å². The van der Waals surface area contributed by atoms with Crippen LogP contribution >= 0.6 is 0 Å². The molecule has 0 bridgehead atoms. The molecule has 1 heterocycles. The van der Waals surface area contributed by atoms with Gasteiger partial charge in [-0.05, 0) is 6.42 Å². The van der Waals surface area contributed by atoms with Gasteiger partial charge in [0.2, 0.25) is 0 Å². The fraction of sp³-hybridized carbons (Fsp3) is 1.00. The fourth-order valence-electron chi connectivity index (χ4n) is 0.821. The van der Waals surface area contributed by atoms with Crippen molar-refractivity contribution in [2.24, 2.45) is 0 Å². The van der Waals surface area contributed by atoms with Crippen LogP contribution in [0.15, 0.2) is 0 Å². The van der Waals surface area contributed by atoms with E-state index in [-0.39, 0.29) is 12.7 Å². The SMILES string of the molecule is OC[C@@H]1CCC(O)O1. The topological polar surface area (TPSA) is 49.7 Å². The first-order valence-corrected chi connectivity index (χ1v) is 2.77. The van der Waals surface area contributed by atoms with Gasteiger partial charge >= 0.3 is 0 Å². The van der Waals surface area contributed by atoms with Crippen molar-refractivity contribution in [2.45, 2.75) is 25.2 Å². The quantitative estimate of drug-likeness (QED) is 0.487. The molecule has 0 aromatic rings. The summed E-state index contributed by atoms with van der Waals surface area (Å²) in [6.07, 6.45) is 0.681. The van der Waals surface area contributed by atoms with Crippen molar-refractivity contribution in [1.29, 1.82) is 0 Å². The molecular formula is C5H10O3. The van der Waals surface area contributed by atoms with Crippen LogP contribution in [0, 0.1) is 0 Å². The van der Waals surface area contributed by atoms with Crippen LogP contribution in [0.3, 0.4) is 0 Å². The third-order valence-corrected chi connectivity index (χ3v) is 1.29. The molecule has 2 atom stereocenters. The van der Waals surface area contributed by atoms with Crippen molar-refractivity contribution in [3.63, 3.8) is 0 Å². The summed E-state index contributed by atoms with van der Waals surface area (Å²) in [4.78, 5) is 0. The first-order valence-electron chi connectivity index (χ1n) is 2.77. The van der Waals surface area contributed by atoms with Gasteiger partial charge in [0.05, 0.1) is 12.7 Å². The second-order valence-electron chi connectivity index (χ2n) is 1.97. The first-order chi connectivity index (χ1) is 3.83. The fourth-order valence-corrected chi connectivity index (χ4v) is 0.821. The monoisotopic (exact) mass is 118 g/mol. The molecule has 0 aromatic heterocycles. The molecule has 1 saturated heterocycles. The van der Waals surface area contributed by atoms with Crippen LogP contribution in [-0.2, 0) is 4.74 Å². The maximum atomic E-state index is 8.70. The predicted octanol–water partition coefficient (Wildman–Crippen LogP) is -0.524. The molecule has 2 N–H and O–H groups in total. The molecule has 0 saturated carbocycles. The molecule has 0 spiro atoms. The lowest BCUT2D eigenvalue weighted by Gasteiger charge is -2.04. The van der Waals surface area contributed by atoms with Gasteiger partial charge in [-0.15, -0.1) is 0 Å². The summed E-state index contributed by atoms with van der Waals surface area (Å²) >= 11 is 0. The highest BCUT2D eigenvalue weighted by Crippen LogP contribution is 2.16. The third kappa shape index (κ3) is 1.18. The molecule has 1 unspecified atom stereocenters. The van der Waals surface area contributed by atoms with Crippen molar-refractivity contribution < 1.29 is 14.9 Å². The zero-order valence-corrected chi connectivity index (χ0v) is 4.58. The Morgan fingerprint density at radius 1 is 1.50 bits per heavy atom. The highest BCUT2D eigenvalue weighted by atomic mass is 16.6. The lowest BCUT2D eigenvalue weighted by Crippen LogP contribution is -2.13. The second kappa shape index (κ2) is 2.44. The van der Waals surface area contributed by atoms with Gasteiger partial charge in [0.1, 0.15) is 0 Å². The Morgan fingerprint density at radius 2 is 2.25 bits per heavy atom. The van der Waals surface area contributed by atoms with Crippen molar-refractivity contribution in [3.05, 3.63) is 0 Å². The summed E-state index contributed by atoms with van der Waals surface area (Å²) in [7, 11) is 0. The standard InChI is InChI=1S/C5H10O3/c6-3-4-1-2-5(7)8-4/h4-7H,1-3H2/t4-,5?/m0/s1. The molecular weight excluding hydrogens is 108 g/mol. The van der Waals surface area contributed by atoms with Crippen LogP contribution in [0.25, 0.3) is 0 Å². The van der Waals surface area contributed by atoms with E-state index in [1.165, 1.54) is 0 Å². The zero-order valence-electron chi connectivity index (χ0n) is 4.58. The molecule has 0 radical (unpaired) electrons. The normalized spacial score (nSPS) is 38.2. The van der Waals surface area contributed by atoms with Gasteiger partial charge in [-0.3, -0.25) is 0 Å². The maximum absolute atomic E-state index is 8.70. The van der Waals surface area contributed by atoms with Crippen LogP contribution in [0.2, 0.25) is 0 Å². The highest BCUT2D eigenvalue weighted by molar-refractivity contribution is 4.64. The summed E-state index contributed by atoms with van der Waals surface area (Å²) in [6, 6.07) is 0. The Balaban J connectivity index is 2.22. The number of rotatable bonds is 1. The van der Waals surface area contributed by atoms with Crippen molar-refractivity contribution >= 4 is 0 Å². The molecule has 0 aromatic carbocycles. The van der Waals surface area contributed by atoms with Crippen molar-refractivity contribution in [1.82, 2.24) is 0 Å². The minimum Gasteiger partial charge on any atom is -0.394 e. The minimum absolute atomic E-state index is 0.0249. The number of ether oxygens (including phenoxy) is 1. The van der Waals surface area contributed by atoms with Crippen molar-refractivity contribution in [2.75, 3.05) is 6.61 Å². The molecule has 3 nitrogen and oxygen atoms in total. The molecule has 1 aliphatic heterocycles. The van der Waals surface area contributed by atoms with Gasteiger partial charge in [0, 0.05) is 6.42 Å². The smallest absolute Gasteiger partial charge is 0.155 e. The van der Waals surface area contributed by atoms with E-state index in [4.69, 9.17) is 14.9 Å². The molecule has 48 valence electrons. The average molecular weight is 118 g/mol. The Morgan fingerprint density at radius 3 is 2.50 bits per heavy atom. The Hall–Kier alpha value is -0.120. The van der Waals surface area contributed by atoms with E-state index < -0.39 is 6.29 Å². The van der Waals surface area contributed by atoms with E-state index in [1.54, 1.807) is 0 Å². The maximum Gasteiger partial charge on any atom is 0.155 e. The van der Waals surface area contributed by atoms with Gasteiger partial charge in [-0.25, -0.2) is 0 Å². The van der Waals surface area contributed by atoms with E-state index in [1.807, 2.05) is 0 Å². The molecule has 1 aliphatic rings. The van der Waals surface area contributed by atoms with E-state index >= 15 is 0 Å². The molecule has 1 fully saturated rings. The van der Waals surface area contributed by atoms with Crippen LogP contribution in [-0.4, -0.2) is 29.2 Å². The highest BCUT2D eigenvalue weighted by Gasteiger charge is 2.21. The summed E-state index contributed by atoms with van der Waals surface area (Å²) in [5.41, 5.74) is 0. The van der Waals surface area contributed by atoms with Crippen molar-refractivity contribution in [3.8, 4) is 0 Å². The Bertz CT molecular complexity index is 74.1. The van der Waals surface area contributed by atoms with Crippen LogP contribution in [0.5, 0.6) is 0 Å². The van der Waals surface area contributed by atoms with E-state index in [0.29, 0.717) is 6.42 Å². The van der Waals surface area contributed by atoms with E-state index in [9.17, 15) is 0 Å². The Kier molecular flexibility index (Phi) is 1.83. The lowest BCUT2D eigenvalue weighted by molar-refractivity contribution is -0.101.